The van der Waals surface area contributed by atoms with E-state index in [2.05, 4.69) is 6.07 Å². The Balaban J connectivity index is 1.87. The van der Waals surface area contributed by atoms with Gasteiger partial charge in [0, 0.05) is 18.2 Å². The van der Waals surface area contributed by atoms with Crippen molar-refractivity contribution in [2.24, 2.45) is 11.8 Å². The second-order valence-corrected chi connectivity index (χ2v) is 4.64. The van der Waals surface area contributed by atoms with Gasteiger partial charge in [-0.2, -0.15) is 5.26 Å². The van der Waals surface area contributed by atoms with Gasteiger partial charge in [-0.1, -0.05) is 0 Å². The van der Waals surface area contributed by atoms with Crippen molar-refractivity contribution in [3.05, 3.63) is 29.8 Å². The molecule has 3 nitrogen and oxygen atoms in total. The maximum absolute atomic E-state index is 12.0. The van der Waals surface area contributed by atoms with Crippen molar-refractivity contribution in [3.8, 4) is 6.07 Å². The van der Waals surface area contributed by atoms with Crippen molar-refractivity contribution >= 4 is 11.6 Å². The molecule has 0 spiro atoms. The average Bonchev–Trinajstić information content (AvgIpc) is 2.28. The van der Waals surface area contributed by atoms with Gasteiger partial charge in [0.05, 0.1) is 11.6 Å². The van der Waals surface area contributed by atoms with E-state index in [1.165, 1.54) is 0 Å². The fourth-order valence-electron chi connectivity index (χ4n) is 2.60. The fourth-order valence-corrected chi connectivity index (χ4v) is 2.60. The number of hydrogen-bond donors (Lipinski definition) is 0. The lowest BCUT2D eigenvalue weighted by Gasteiger charge is -2.46. The summed E-state index contributed by atoms with van der Waals surface area (Å²) in [6, 6.07) is 9.34. The summed E-state index contributed by atoms with van der Waals surface area (Å²) in [6.45, 7) is 0.848. The highest BCUT2D eigenvalue weighted by Crippen LogP contribution is 2.41. The van der Waals surface area contributed by atoms with Crippen LogP contribution in [0.3, 0.4) is 0 Å². The van der Waals surface area contributed by atoms with E-state index in [4.69, 9.17) is 5.26 Å². The third kappa shape index (κ3) is 1.30. The minimum absolute atomic E-state index is 0.257. The van der Waals surface area contributed by atoms with Crippen LogP contribution in [0.4, 0.5) is 5.69 Å². The predicted octanol–water partition coefficient (Wildman–Crippen LogP) is 1.93. The summed E-state index contributed by atoms with van der Waals surface area (Å²) in [5.74, 6) is 1.21. The van der Waals surface area contributed by atoms with E-state index in [1.54, 1.807) is 12.1 Å². The number of amides is 1. The Labute approximate surface area is 94.3 Å². The highest BCUT2D eigenvalue weighted by molar-refractivity contribution is 5.97. The molecule has 3 fully saturated rings. The van der Waals surface area contributed by atoms with Crippen LogP contribution < -0.4 is 4.90 Å². The Bertz CT molecular complexity index is 466. The Morgan fingerprint density at radius 1 is 1.25 bits per heavy atom. The first-order valence-electron chi connectivity index (χ1n) is 5.59. The molecule has 2 saturated heterocycles. The van der Waals surface area contributed by atoms with Gasteiger partial charge in [0.1, 0.15) is 0 Å². The van der Waals surface area contributed by atoms with E-state index >= 15 is 0 Å². The quantitative estimate of drug-likeness (QED) is 0.714. The van der Waals surface area contributed by atoms with Gasteiger partial charge < -0.3 is 4.90 Å². The van der Waals surface area contributed by atoms with Crippen LogP contribution in [-0.4, -0.2) is 12.5 Å². The Morgan fingerprint density at radius 3 is 2.50 bits per heavy atom. The molecule has 1 aromatic carbocycles. The highest BCUT2D eigenvalue weighted by Gasteiger charge is 2.43. The SMILES string of the molecule is N#Cc1ccc(N2CC3CC(C3)C2=O)cc1. The zero-order chi connectivity index (χ0) is 11.1. The summed E-state index contributed by atoms with van der Waals surface area (Å²) in [4.78, 5) is 13.8. The van der Waals surface area contributed by atoms with Crippen LogP contribution in [0.15, 0.2) is 24.3 Å². The zero-order valence-electron chi connectivity index (χ0n) is 8.89. The number of hydrogen-bond acceptors (Lipinski definition) is 2. The molecule has 0 unspecified atom stereocenters. The van der Waals surface area contributed by atoms with E-state index in [9.17, 15) is 4.79 Å². The topological polar surface area (TPSA) is 44.1 Å². The molecule has 2 bridgehead atoms. The van der Waals surface area contributed by atoms with Crippen LogP contribution in [0.25, 0.3) is 0 Å². The molecule has 2 heterocycles. The molecule has 3 aliphatic rings. The molecule has 0 aromatic heterocycles. The van der Waals surface area contributed by atoms with Crippen molar-refractivity contribution in [2.75, 3.05) is 11.4 Å². The molecule has 4 rings (SSSR count). The van der Waals surface area contributed by atoms with Gasteiger partial charge in [-0.15, -0.1) is 0 Å². The monoisotopic (exact) mass is 212 g/mol. The Morgan fingerprint density at radius 2 is 1.94 bits per heavy atom. The summed E-state index contributed by atoms with van der Waals surface area (Å²) in [5, 5.41) is 8.71. The number of piperidine rings is 2. The molecular formula is C13H12N2O. The van der Waals surface area contributed by atoms with Crippen LogP contribution in [0, 0.1) is 23.2 Å². The normalized spacial score (nSPS) is 27.2. The summed E-state index contributed by atoms with van der Waals surface area (Å²) >= 11 is 0. The molecule has 80 valence electrons. The summed E-state index contributed by atoms with van der Waals surface area (Å²) in [7, 11) is 0. The second-order valence-electron chi connectivity index (χ2n) is 4.64. The maximum Gasteiger partial charge on any atom is 0.230 e. The van der Waals surface area contributed by atoms with Crippen molar-refractivity contribution < 1.29 is 4.79 Å². The molecule has 3 heteroatoms. The van der Waals surface area contributed by atoms with Gasteiger partial charge in [0.15, 0.2) is 0 Å². The number of nitriles is 1. The number of rotatable bonds is 1. The first-order chi connectivity index (χ1) is 7.78. The van der Waals surface area contributed by atoms with Crippen molar-refractivity contribution in [1.29, 1.82) is 5.26 Å². The van der Waals surface area contributed by atoms with Crippen molar-refractivity contribution in [1.82, 2.24) is 0 Å². The predicted molar refractivity (Wildman–Crippen MR) is 59.7 cm³/mol. The number of nitrogens with zero attached hydrogens (tertiary/aromatic N) is 2. The molecule has 1 saturated carbocycles. The largest absolute Gasteiger partial charge is 0.312 e. The molecule has 0 atom stereocenters. The average molecular weight is 212 g/mol. The third-order valence-corrected chi connectivity index (χ3v) is 3.60. The Kier molecular flexibility index (Phi) is 1.97. The van der Waals surface area contributed by atoms with E-state index in [1.807, 2.05) is 17.0 Å². The van der Waals surface area contributed by atoms with E-state index in [0.717, 1.165) is 25.1 Å². The van der Waals surface area contributed by atoms with Crippen molar-refractivity contribution in [2.45, 2.75) is 12.8 Å². The Hall–Kier alpha value is -1.82. The smallest absolute Gasteiger partial charge is 0.230 e. The minimum Gasteiger partial charge on any atom is -0.312 e. The van der Waals surface area contributed by atoms with E-state index in [0.29, 0.717) is 11.5 Å². The molecular weight excluding hydrogens is 200 g/mol. The molecule has 1 amide bonds. The van der Waals surface area contributed by atoms with Crippen LogP contribution in [0.2, 0.25) is 0 Å². The number of benzene rings is 1. The molecule has 0 radical (unpaired) electrons. The number of carbonyl (C=O) groups is 1. The van der Waals surface area contributed by atoms with E-state index in [-0.39, 0.29) is 11.8 Å². The molecule has 1 aromatic rings. The van der Waals surface area contributed by atoms with Gasteiger partial charge >= 0.3 is 0 Å². The molecule has 0 N–H and O–H groups in total. The third-order valence-electron chi connectivity index (χ3n) is 3.60. The molecule has 2 aliphatic heterocycles. The highest BCUT2D eigenvalue weighted by atomic mass is 16.2. The van der Waals surface area contributed by atoms with Crippen molar-refractivity contribution in [3.63, 3.8) is 0 Å². The second kappa shape index (κ2) is 3.34. The minimum atomic E-state index is 0.257. The van der Waals surface area contributed by atoms with Crippen LogP contribution in [-0.2, 0) is 4.79 Å². The first-order valence-corrected chi connectivity index (χ1v) is 5.59. The number of anilines is 1. The summed E-state index contributed by atoms with van der Waals surface area (Å²) in [6.07, 6.45) is 2.15. The van der Waals surface area contributed by atoms with Gasteiger partial charge in [0.2, 0.25) is 5.91 Å². The lowest BCUT2D eigenvalue weighted by atomic mass is 9.70. The van der Waals surface area contributed by atoms with Crippen LogP contribution in [0.1, 0.15) is 18.4 Å². The molecule has 16 heavy (non-hydrogen) atoms. The number of fused-ring (bicyclic) bond motifs is 2. The summed E-state index contributed by atoms with van der Waals surface area (Å²) in [5.41, 5.74) is 1.57. The van der Waals surface area contributed by atoms with Gasteiger partial charge in [-0.05, 0) is 43.0 Å². The standard InChI is InChI=1S/C13H12N2O/c14-7-9-1-3-12(4-2-9)15-8-10-5-11(6-10)13(15)16/h1-4,10-11H,5-6,8H2. The lowest BCUT2D eigenvalue weighted by molar-refractivity contribution is -0.129. The molecule has 1 aliphatic carbocycles. The number of carbonyl (C=O) groups excluding carboxylic acids is 1. The first kappa shape index (κ1) is 9.41. The lowest BCUT2D eigenvalue weighted by Crippen LogP contribution is -2.53. The van der Waals surface area contributed by atoms with Crippen LogP contribution >= 0.6 is 0 Å². The summed E-state index contributed by atoms with van der Waals surface area (Å²) < 4.78 is 0. The van der Waals surface area contributed by atoms with Gasteiger partial charge in [0.25, 0.3) is 0 Å². The maximum atomic E-state index is 12.0. The van der Waals surface area contributed by atoms with Gasteiger partial charge in [-0.25, -0.2) is 0 Å². The van der Waals surface area contributed by atoms with Crippen LogP contribution in [0.5, 0.6) is 0 Å². The fraction of sp³-hybridized carbons (Fsp3) is 0.385. The van der Waals surface area contributed by atoms with E-state index < -0.39 is 0 Å². The zero-order valence-corrected chi connectivity index (χ0v) is 8.89. The van der Waals surface area contributed by atoms with Gasteiger partial charge in [-0.3, -0.25) is 4.79 Å².